The second-order valence-electron chi connectivity index (χ2n) is 5.47. The Balaban J connectivity index is 1.94. The molecule has 8 heteroatoms. The van der Waals surface area contributed by atoms with Gasteiger partial charge in [0, 0.05) is 0 Å². The fourth-order valence-corrected chi connectivity index (χ4v) is 3.28. The number of rotatable bonds is 4. The Labute approximate surface area is 146 Å². The van der Waals surface area contributed by atoms with E-state index in [1.54, 1.807) is 18.2 Å². The van der Waals surface area contributed by atoms with Crippen LogP contribution in [0.15, 0.2) is 64.0 Å². The molecule has 7 nitrogen and oxygen atoms in total. The van der Waals surface area contributed by atoms with Crippen LogP contribution in [0, 0.1) is 0 Å². The van der Waals surface area contributed by atoms with Gasteiger partial charge in [-0.3, -0.25) is 4.99 Å². The van der Waals surface area contributed by atoms with Crippen molar-refractivity contribution in [2.75, 3.05) is 5.32 Å². The third-order valence-corrected chi connectivity index (χ3v) is 4.55. The molecule has 2 aromatic rings. The zero-order valence-corrected chi connectivity index (χ0v) is 14.4. The van der Waals surface area contributed by atoms with E-state index >= 15 is 0 Å². The predicted octanol–water partition coefficient (Wildman–Crippen LogP) is 2.60. The van der Waals surface area contributed by atoms with Crippen molar-refractivity contribution in [2.24, 2.45) is 9.39 Å². The van der Waals surface area contributed by atoms with Crippen LogP contribution in [0.4, 0.5) is 5.69 Å². The molecule has 1 aliphatic rings. The van der Waals surface area contributed by atoms with Crippen molar-refractivity contribution >= 4 is 27.6 Å². The molecule has 1 heterocycles. The molecule has 0 saturated carbocycles. The van der Waals surface area contributed by atoms with Crippen LogP contribution in [0.2, 0.25) is 0 Å². The average Bonchev–Trinajstić information content (AvgIpc) is 2.89. The fourth-order valence-electron chi connectivity index (χ4n) is 2.47. The molecule has 0 aromatic heterocycles. The number of nitrogens with zero attached hydrogens (tertiary/aromatic N) is 2. The Morgan fingerprint density at radius 1 is 1.16 bits per heavy atom. The molecular weight excluding hydrogens is 340 g/mol. The van der Waals surface area contributed by atoms with Crippen molar-refractivity contribution < 1.29 is 13.5 Å². The summed E-state index contributed by atoms with van der Waals surface area (Å²) in [6.45, 7) is 1.97. The fraction of sp³-hybridized carbons (Fsp3) is 0.176. The van der Waals surface area contributed by atoms with E-state index in [4.69, 9.17) is 0 Å². The van der Waals surface area contributed by atoms with E-state index in [0.29, 0.717) is 12.1 Å². The number of para-hydroxylation sites is 2. The summed E-state index contributed by atoms with van der Waals surface area (Å²) in [7, 11) is -3.85. The first-order chi connectivity index (χ1) is 12.0. The molecule has 0 amide bonds. The van der Waals surface area contributed by atoms with Crippen molar-refractivity contribution in [2.45, 2.75) is 19.4 Å². The summed E-state index contributed by atoms with van der Waals surface area (Å²) in [4.78, 5) is 4.52. The number of amidine groups is 2. The van der Waals surface area contributed by atoms with Gasteiger partial charge < -0.3 is 10.4 Å². The van der Waals surface area contributed by atoms with Gasteiger partial charge in [-0.25, -0.2) is 4.72 Å². The van der Waals surface area contributed by atoms with Crippen LogP contribution in [0.5, 0.6) is 5.75 Å². The number of hydrogen-bond acceptors (Lipinski definition) is 5. The minimum Gasteiger partial charge on any atom is -0.506 e. The summed E-state index contributed by atoms with van der Waals surface area (Å²) >= 11 is 0. The van der Waals surface area contributed by atoms with E-state index < -0.39 is 10.2 Å². The van der Waals surface area contributed by atoms with Crippen LogP contribution in [0.1, 0.15) is 24.9 Å². The largest absolute Gasteiger partial charge is 0.506 e. The van der Waals surface area contributed by atoms with Crippen molar-refractivity contribution in [3.05, 3.63) is 60.2 Å². The Kier molecular flexibility index (Phi) is 4.71. The van der Waals surface area contributed by atoms with E-state index in [9.17, 15) is 13.5 Å². The maximum absolute atomic E-state index is 11.9. The maximum Gasteiger partial charge on any atom is 0.345 e. The van der Waals surface area contributed by atoms with Gasteiger partial charge in [-0.1, -0.05) is 49.4 Å². The summed E-state index contributed by atoms with van der Waals surface area (Å²) < 4.78 is 29.7. The summed E-state index contributed by atoms with van der Waals surface area (Å²) in [6, 6.07) is 15.9. The van der Waals surface area contributed by atoms with E-state index in [1.807, 2.05) is 37.3 Å². The summed E-state index contributed by atoms with van der Waals surface area (Å²) in [6.07, 6.45) is 0.694. The van der Waals surface area contributed by atoms with Gasteiger partial charge in [-0.15, -0.1) is 4.40 Å². The smallest absolute Gasteiger partial charge is 0.345 e. The first-order valence-electron chi connectivity index (χ1n) is 7.79. The Hall–Kier alpha value is -2.87. The molecule has 3 N–H and O–H groups in total. The van der Waals surface area contributed by atoms with E-state index in [0.717, 1.165) is 5.56 Å². The van der Waals surface area contributed by atoms with Gasteiger partial charge in [0.25, 0.3) is 0 Å². The predicted molar refractivity (Wildman–Crippen MR) is 98.1 cm³/mol. The van der Waals surface area contributed by atoms with Crippen LogP contribution in [0.3, 0.4) is 0 Å². The molecule has 0 fully saturated rings. The molecule has 1 aliphatic heterocycles. The van der Waals surface area contributed by atoms with Crippen LogP contribution in [0.25, 0.3) is 0 Å². The number of aromatic hydroxyl groups is 1. The second kappa shape index (κ2) is 6.94. The first kappa shape index (κ1) is 17.0. The quantitative estimate of drug-likeness (QED) is 0.731. The number of nitrogens with one attached hydrogen (secondary N) is 2. The standard InChI is InChI=1S/C17H18N4O3S/c1-2-13(12-8-4-3-5-9-12)18-16-17(21-25(23,24)20-16)19-14-10-6-7-11-15(14)22/h3-11,13,22H,2H2,1H3,(H,18,20)(H,19,21)/t13-/m1/s1. The number of hydrogen-bond donors (Lipinski definition) is 3. The Morgan fingerprint density at radius 3 is 2.52 bits per heavy atom. The van der Waals surface area contributed by atoms with Gasteiger partial charge in [0.2, 0.25) is 0 Å². The molecule has 0 saturated heterocycles. The highest BCUT2D eigenvalue weighted by Gasteiger charge is 2.28. The summed E-state index contributed by atoms with van der Waals surface area (Å²) in [5.74, 6) is 0.166. The number of anilines is 1. The van der Waals surface area contributed by atoms with Crippen molar-refractivity contribution in [1.82, 2.24) is 4.72 Å². The highest BCUT2D eigenvalue weighted by Crippen LogP contribution is 2.24. The summed E-state index contributed by atoms with van der Waals surface area (Å²) in [5, 5.41) is 12.7. The average molecular weight is 358 g/mol. The first-order valence-corrected chi connectivity index (χ1v) is 9.23. The lowest BCUT2D eigenvalue weighted by Gasteiger charge is -2.13. The van der Waals surface area contributed by atoms with Crippen molar-refractivity contribution in [1.29, 1.82) is 0 Å². The lowest BCUT2D eigenvalue weighted by molar-refractivity contribution is 0.478. The zero-order valence-electron chi connectivity index (χ0n) is 13.5. The molecule has 1 atom stereocenters. The Morgan fingerprint density at radius 2 is 1.84 bits per heavy atom. The lowest BCUT2D eigenvalue weighted by atomic mass is 10.1. The van der Waals surface area contributed by atoms with Gasteiger partial charge >= 0.3 is 10.2 Å². The molecule has 25 heavy (non-hydrogen) atoms. The summed E-state index contributed by atoms with van der Waals surface area (Å²) in [5.41, 5.74) is 1.33. The second-order valence-corrected chi connectivity index (χ2v) is 6.81. The zero-order chi connectivity index (χ0) is 17.9. The Bertz CT molecular complexity index is 924. The van der Waals surface area contributed by atoms with Crippen molar-refractivity contribution in [3.63, 3.8) is 0 Å². The van der Waals surface area contributed by atoms with Gasteiger partial charge in [0.1, 0.15) is 5.75 Å². The normalized spacial score (nSPS) is 18.4. The molecule has 0 spiro atoms. The van der Waals surface area contributed by atoms with E-state index in [1.165, 1.54) is 6.07 Å². The van der Waals surface area contributed by atoms with Crippen LogP contribution < -0.4 is 10.0 Å². The molecule has 0 bridgehead atoms. The van der Waals surface area contributed by atoms with Crippen LogP contribution in [-0.4, -0.2) is 25.2 Å². The molecule has 130 valence electrons. The SMILES string of the molecule is CC[C@@H](N=C1NS(=O)(=O)N=C1Nc1ccccc1O)c1ccccc1. The molecule has 0 radical (unpaired) electrons. The minimum atomic E-state index is -3.85. The van der Waals surface area contributed by atoms with Gasteiger partial charge in [0.05, 0.1) is 11.7 Å². The molecule has 2 aromatic carbocycles. The van der Waals surface area contributed by atoms with Crippen LogP contribution >= 0.6 is 0 Å². The lowest BCUT2D eigenvalue weighted by Crippen LogP contribution is -2.31. The molecular formula is C17H18N4O3S. The minimum absolute atomic E-state index is 0.0102. The molecule has 3 rings (SSSR count). The van der Waals surface area contributed by atoms with Gasteiger partial charge in [-0.05, 0) is 24.1 Å². The van der Waals surface area contributed by atoms with Gasteiger partial charge in [0.15, 0.2) is 11.7 Å². The molecule has 0 unspecified atom stereocenters. The number of phenols is 1. The highest BCUT2D eigenvalue weighted by molar-refractivity contribution is 7.89. The topological polar surface area (TPSA) is 103 Å². The van der Waals surface area contributed by atoms with Crippen LogP contribution in [-0.2, 0) is 10.2 Å². The molecule has 0 aliphatic carbocycles. The third kappa shape index (κ3) is 3.97. The van der Waals surface area contributed by atoms with Gasteiger partial charge in [-0.2, -0.15) is 8.42 Å². The number of aliphatic imine (C=N–C) groups is 1. The highest BCUT2D eigenvalue weighted by atomic mass is 32.2. The van der Waals surface area contributed by atoms with E-state index in [-0.39, 0.29) is 23.5 Å². The number of phenolic OH excluding ortho intramolecular Hbond substituents is 1. The van der Waals surface area contributed by atoms with E-state index in [2.05, 4.69) is 19.4 Å². The number of benzene rings is 2. The van der Waals surface area contributed by atoms with Crippen molar-refractivity contribution in [3.8, 4) is 5.75 Å². The maximum atomic E-state index is 11.9. The monoisotopic (exact) mass is 358 g/mol. The third-order valence-electron chi connectivity index (χ3n) is 3.67.